The van der Waals surface area contributed by atoms with Crippen molar-refractivity contribution >= 4 is 29.4 Å². The molecule has 1 aromatic rings. The number of nitrogens with zero attached hydrogens (tertiary/aromatic N) is 2. The van der Waals surface area contributed by atoms with E-state index < -0.39 is 23.9 Å². The van der Waals surface area contributed by atoms with Crippen molar-refractivity contribution in [3.05, 3.63) is 30.3 Å². The van der Waals surface area contributed by atoms with E-state index in [0.29, 0.717) is 18.0 Å². The summed E-state index contributed by atoms with van der Waals surface area (Å²) >= 11 is 0. The van der Waals surface area contributed by atoms with E-state index in [2.05, 4.69) is 10.6 Å². The highest BCUT2D eigenvalue weighted by Gasteiger charge is 2.38. The number of amides is 5. The Hall–Kier alpha value is -3.14. The molecule has 186 valence electrons. The van der Waals surface area contributed by atoms with E-state index in [0.717, 1.165) is 25.7 Å². The first kappa shape index (κ1) is 25.5. The van der Waals surface area contributed by atoms with E-state index in [-0.39, 0.29) is 38.2 Å². The molecule has 1 saturated heterocycles. The van der Waals surface area contributed by atoms with Crippen LogP contribution in [-0.4, -0.2) is 79.0 Å². The SMILES string of the molecule is COCC(=O)N1CCN(C(=O)Nc2ccccc2)C[C@H]1C(=O)N[C@@H](CC1CCCCC1)C(N)=O. The zero-order valence-corrected chi connectivity index (χ0v) is 19.7. The van der Waals surface area contributed by atoms with Gasteiger partial charge in [0.1, 0.15) is 18.7 Å². The van der Waals surface area contributed by atoms with Gasteiger partial charge in [-0.3, -0.25) is 14.4 Å². The zero-order valence-electron chi connectivity index (χ0n) is 19.7. The van der Waals surface area contributed by atoms with Gasteiger partial charge in [-0.1, -0.05) is 50.3 Å². The van der Waals surface area contributed by atoms with Gasteiger partial charge in [-0.25, -0.2) is 4.79 Å². The molecule has 0 radical (unpaired) electrons. The van der Waals surface area contributed by atoms with Crippen LogP contribution in [0.4, 0.5) is 10.5 Å². The maximum absolute atomic E-state index is 13.3. The highest BCUT2D eigenvalue weighted by Crippen LogP contribution is 2.27. The summed E-state index contributed by atoms with van der Waals surface area (Å²) in [7, 11) is 1.41. The van der Waals surface area contributed by atoms with Crippen LogP contribution in [-0.2, 0) is 19.1 Å². The van der Waals surface area contributed by atoms with Gasteiger partial charge in [-0.05, 0) is 24.5 Å². The molecule has 0 bridgehead atoms. The van der Waals surface area contributed by atoms with Crippen LogP contribution in [0.1, 0.15) is 38.5 Å². The molecule has 2 aliphatic rings. The number of rotatable bonds is 8. The van der Waals surface area contributed by atoms with Crippen molar-refractivity contribution in [2.75, 3.05) is 38.7 Å². The van der Waals surface area contributed by atoms with E-state index in [1.54, 1.807) is 12.1 Å². The minimum absolute atomic E-state index is 0.00509. The molecule has 34 heavy (non-hydrogen) atoms. The molecule has 1 heterocycles. The average Bonchev–Trinajstić information content (AvgIpc) is 2.84. The smallest absolute Gasteiger partial charge is 0.321 e. The fourth-order valence-electron chi connectivity index (χ4n) is 4.69. The van der Waals surface area contributed by atoms with Crippen LogP contribution in [0.3, 0.4) is 0 Å². The van der Waals surface area contributed by atoms with Crippen LogP contribution in [0.2, 0.25) is 0 Å². The highest BCUT2D eigenvalue weighted by atomic mass is 16.5. The monoisotopic (exact) mass is 473 g/mol. The molecule has 1 aliphatic heterocycles. The van der Waals surface area contributed by atoms with Crippen molar-refractivity contribution in [1.29, 1.82) is 0 Å². The van der Waals surface area contributed by atoms with Gasteiger partial charge >= 0.3 is 6.03 Å². The van der Waals surface area contributed by atoms with Crippen molar-refractivity contribution in [1.82, 2.24) is 15.1 Å². The number of hydrogen-bond acceptors (Lipinski definition) is 5. The Morgan fingerprint density at radius 1 is 1.09 bits per heavy atom. The topological polar surface area (TPSA) is 134 Å². The number of carbonyl (C=O) groups excluding carboxylic acids is 4. The van der Waals surface area contributed by atoms with Gasteiger partial charge in [0.05, 0.1) is 6.54 Å². The number of anilines is 1. The molecule has 0 aromatic heterocycles. The van der Waals surface area contributed by atoms with Gasteiger partial charge in [-0.15, -0.1) is 0 Å². The molecule has 1 aliphatic carbocycles. The molecule has 5 amide bonds. The number of primary amides is 1. The van der Waals surface area contributed by atoms with E-state index in [4.69, 9.17) is 10.5 Å². The lowest BCUT2D eigenvalue weighted by molar-refractivity contribution is -0.146. The lowest BCUT2D eigenvalue weighted by atomic mass is 9.84. The Morgan fingerprint density at radius 2 is 1.79 bits per heavy atom. The predicted molar refractivity (Wildman–Crippen MR) is 127 cm³/mol. The first-order chi connectivity index (χ1) is 16.4. The van der Waals surface area contributed by atoms with E-state index in [1.807, 2.05) is 18.2 Å². The molecule has 10 nitrogen and oxygen atoms in total. The number of nitrogens with one attached hydrogen (secondary N) is 2. The number of nitrogens with two attached hydrogens (primary N) is 1. The van der Waals surface area contributed by atoms with Gasteiger partial charge in [0.2, 0.25) is 17.7 Å². The lowest BCUT2D eigenvalue weighted by Crippen LogP contribution is -2.64. The van der Waals surface area contributed by atoms with E-state index >= 15 is 0 Å². The molecular formula is C24H35N5O5. The summed E-state index contributed by atoms with van der Waals surface area (Å²) < 4.78 is 4.97. The van der Waals surface area contributed by atoms with Gasteiger partial charge in [-0.2, -0.15) is 0 Å². The molecule has 0 unspecified atom stereocenters. The highest BCUT2D eigenvalue weighted by molar-refractivity contribution is 5.94. The van der Waals surface area contributed by atoms with E-state index in [1.165, 1.54) is 23.3 Å². The quantitative estimate of drug-likeness (QED) is 0.524. The van der Waals surface area contributed by atoms with Gasteiger partial charge < -0.3 is 30.9 Å². The molecule has 1 saturated carbocycles. The maximum atomic E-state index is 13.3. The van der Waals surface area contributed by atoms with Crippen LogP contribution in [0.5, 0.6) is 0 Å². The molecule has 2 atom stereocenters. The summed E-state index contributed by atoms with van der Waals surface area (Å²) in [5, 5.41) is 5.57. The number of methoxy groups -OCH3 is 1. The first-order valence-electron chi connectivity index (χ1n) is 11.9. The van der Waals surface area contributed by atoms with Crippen LogP contribution in [0, 0.1) is 5.92 Å². The molecule has 10 heteroatoms. The fourth-order valence-corrected chi connectivity index (χ4v) is 4.69. The Balaban J connectivity index is 1.70. The summed E-state index contributed by atoms with van der Waals surface area (Å²) in [6.07, 6.45) is 5.90. The van der Waals surface area contributed by atoms with Crippen LogP contribution in [0.25, 0.3) is 0 Å². The van der Waals surface area contributed by atoms with Crippen molar-refractivity contribution < 1.29 is 23.9 Å². The fraction of sp³-hybridized carbons (Fsp3) is 0.583. The Bertz CT molecular complexity index is 859. The van der Waals surface area contributed by atoms with Crippen molar-refractivity contribution in [2.24, 2.45) is 11.7 Å². The Labute approximate surface area is 200 Å². The largest absolute Gasteiger partial charge is 0.375 e. The summed E-state index contributed by atoms with van der Waals surface area (Å²) in [6, 6.07) is 6.86. The summed E-state index contributed by atoms with van der Waals surface area (Å²) in [5.41, 5.74) is 6.24. The first-order valence-corrected chi connectivity index (χ1v) is 11.9. The molecule has 1 aromatic carbocycles. The van der Waals surface area contributed by atoms with Crippen molar-refractivity contribution in [3.8, 4) is 0 Å². The summed E-state index contributed by atoms with van der Waals surface area (Å²) in [4.78, 5) is 53.7. The second-order valence-electron chi connectivity index (χ2n) is 8.98. The van der Waals surface area contributed by atoms with Crippen LogP contribution >= 0.6 is 0 Å². The second-order valence-corrected chi connectivity index (χ2v) is 8.98. The molecular weight excluding hydrogens is 438 g/mol. The molecule has 2 fully saturated rings. The normalized spacial score (nSPS) is 19.9. The van der Waals surface area contributed by atoms with Crippen molar-refractivity contribution in [2.45, 2.75) is 50.6 Å². The lowest BCUT2D eigenvalue weighted by Gasteiger charge is -2.40. The second kappa shape index (κ2) is 12.4. The van der Waals surface area contributed by atoms with Crippen LogP contribution in [0.15, 0.2) is 30.3 Å². The van der Waals surface area contributed by atoms with Gasteiger partial charge in [0, 0.05) is 25.9 Å². The number of urea groups is 1. The number of benzene rings is 1. The number of piperazine rings is 1. The summed E-state index contributed by atoms with van der Waals surface area (Å²) in [6.45, 7) is 0.252. The number of hydrogen-bond donors (Lipinski definition) is 3. The van der Waals surface area contributed by atoms with Gasteiger partial charge in [0.25, 0.3) is 0 Å². The minimum Gasteiger partial charge on any atom is -0.375 e. The summed E-state index contributed by atoms with van der Waals surface area (Å²) in [5.74, 6) is -1.12. The Kier molecular flexibility index (Phi) is 9.26. The number of para-hydroxylation sites is 1. The number of carbonyl (C=O) groups is 4. The number of ether oxygens (including phenoxy) is 1. The zero-order chi connectivity index (χ0) is 24.5. The minimum atomic E-state index is -0.953. The molecule has 4 N–H and O–H groups in total. The van der Waals surface area contributed by atoms with Gasteiger partial charge in [0.15, 0.2) is 0 Å². The average molecular weight is 474 g/mol. The van der Waals surface area contributed by atoms with Crippen LogP contribution < -0.4 is 16.4 Å². The van der Waals surface area contributed by atoms with Crippen molar-refractivity contribution in [3.63, 3.8) is 0 Å². The Morgan fingerprint density at radius 3 is 2.44 bits per heavy atom. The standard InChI is InChI=1S/C24H35N5O5/c1-34-16-21(30)29-13-12-28(24(33)26-18-10-6-3-7-11-18)15-20(29)23(32)27-19(22(25)31)14-17-8-4-2-5-9-17/h3,6-7,10-11,17,19-20H,2,4-5,8-9,12-16H2,1H3,(H2,25,31)(H,26,33)(H,27,32)/t19-,20-/m0/s1. The maximum Gasteiger partial charge on any atom is 0.321 e. The molecule has 3 rings (SSSR count). The third kappa shape index (κ3) is 6.93. The predicted octanol–water partition coefficient (Wildman–Crippen LogP) is 1.32. The van der Waals surface area contributed by atoms with E-state index in [9.17, 15) is 19.2 Å². The molecule has 0 spiro atoms. The third-order valence-corrected chi connectivity index (χ3v) is 6.54. The third-order valence-electron chi connectivity index (χ3n) is 6.54.